The van der Waals surface area contributed by atoms with E-state index >= 15 is 0 Å². The molecular formula is C13H20N4. The third kappa shape index (κ3) is 2.58. The Balaban J connectivity index is 2.11. The van der Waals surface area contributed by atoms with Crippen molar-refractivity contribution in [2.24, 2.45) is 7.05 Å². The summed E-state index contributed by atoms with van der Waals surface area (Å²) in [6, 6.07) is 2.62. The topological polar surface area (TPSA) is 34.8 Å². The molecule has 0 bridgehead atoms. The summed E-state index contributed by atoms with van der Waals surface area (Å²) in [5.74, 6) is 1.07. The molecule has 4 nitrogen and oxygen atoms in total. The molecular weight excluding hydrogens is 212 g/mol. The molecule has 1 N–H and O–H groups in total. The summed E-state index contributed by atoms with van der Waals surface area (Å²) in [5, 5.41) is 3.32. The molecule has 0 aromatic carbocycles. The van der Waals surface area contributed by atoms with Gasteiger partial charge in [-0.05, 0) is 25.1 Å². The van der Waals surface area contributed by atoms with Gasteiger partial charge in [-0.1, -0.05) is 6.92 Å². The van der Waals surface area contributed by atoms with E-state index in [0.29, 0.717) is 6.04 Å². The highest BCUT2D eigenvalue weighted by molar-refractivity contribution is 5.16. The molecule has 1 unspecified atom stereocenters. The van der Waals surface area contributed by atoms with Crippen LogP contribution in [0, 0.1) is 0 Å². The molecule has 0 radical (unpaired) electrons. The van der Waals surface area contributed by atoms with Crippen LogP contribution in [0.2, 0.25) is 0 Å². The van der Waals surface area contributed by atoms with Crippen molar-refractivity contribution in [2.75, 3.05) is 7.05 Å². The minimum atomic E-state index is 0.442. The highest BCUT2D eigenvalue weighted by Gasteiger charge is 2.08. The number of nitrogens with one attached hydrogen (secondary N) is 1. The van der Waals surface area contributed by atoms with Crippen LogP contribution < -0.4 is 5.32 Å². The molecule has 2 rings (SSSR count). The van der Waals surface area contributed by atoms with Crippen molar-refractivity contribution in [1.29, 1.82) is 0 Å². The zero-order valence-electron chi connectivity index (χ0n) is 10.7. The van der Waals surface area contributed by atoms with Gasteiger partial charge in [-0.2, -0.15) is 0 Å². The molecule has 0 aliphatic rings. The molecule has 2 aromatic rings. The van der Waals surface area contributed by atoms with Crippen LogP contribution in [-0.4, -0.2) is 21.2 Å². The van der Waals surface area contributed by atoms with E-state index in [1.807, 2.05) is 26.5 Å². The summed E-state index contributed by atoms with van der Waals surface area (Å²) in [4.78, 5) is 4.33. The van der Waals surface area contributed by atoms with E-state index in [4.69, 9.17) is 0 Å². The number of aromatic nitrogens is 3. The van der Waals surface area contributed by atoms with E-state index in [1.165, 1.54) is 5.56 Å². The van der Waals surface area contributed by atoms with Crippen molar-refractivity contribution < 1.29 is 0 Å². The minimum Gasteiger partial charge on any atom is -0.346 e. The molecule has 2 heterocycles. The van der Waals surface area contributed by atoms with Crippen LogP contribution >= 0.6 is 0 Å². The smallest absolute Gasteiger partial charge is 0.128 e. The zero-order valence-corrected chi connectivity index (χ0v) is 10.7. The van der Waals surface area contributed by atoms with E-state index in [1.54, 1.807) is 0 Å². The second-order valence-corrected chi connectivity index (χ2v) is 4.32. The molecule has 4 heteroatoms. The minimum absolute atomic E-state index is 0.442. The van der Waals surface area contributed by atoms with Gasteiger partial charge in [0.2, 0.25) is 0 Å². The van der Waals surface area contributed by atoms with Crippen LogP contribution in [-0.2, 0) is 13.6 Å². The lowest BCUT2D eigenvalue weighted by Crippen LogP contribution is -2.14. The van der Waals surface area contributed by atoms with Crippen molar-refractivity contribution >= 4 is 0 Å². The zero-order chi connectivity index (χ0) is 12.3. The molecule has 0 saturated carbocycles. The Labute approximate surface area is 102 Å². The standard InChI is InChI=1S/C13H20N4/c1-4-12(14-2)11-5-7-17(9-11)10-13-15-6-8-16(13)3/h5-9,12,14H,4,10H2,1-3H3. The predicted octanol–water partition coefficient (Wildman–Crippen LogP) is 1.94. The number of hydrogen-bond donors (Lipinski definition) is 1. The van der Waals surface area contributed by atoms with Crippen molar-refractivity contribution in [2.45, 2.75) is 25.9 Å². The van der Waals surface area contributed by atoms with Crippen molar-refractivity contribution in [3.63, 3.8) is 0 Å². The van der Waals surface area contributed by atoms with Gasteiger partial charge in [-0.15, -0.1) is 0 Å². The summed E-state index contributed by atoms with van der Waals surface area (Å²) < 4.78 is 4.23. The molecule has 92 valence electrons. The fourth-order valence-electron chi connectivity index (χ4n) is 2.08. The molecule has 2 aromatic heterocycles. The molecule has 0 aliphatic heterocycles. The van der Waals surface area contributed by atoms with Crippen molar-refractivity contribution in [3.8, 4) is 0 Å². The summed E-state index contributed by atoms with van der Waals surface area (Å²) >= 11 is 0. The van der Waals surface area contributed by atoms with Gasteiger partial charge in [0.1, 0.15) is 5.82 Å². The SMILES string of the molecule is CCC(NC)c1ccn(Cc2nccn2C)c1. The van der Waals surface area contributed by atoms with Gasteiger partial charge in [-0.3, -0.25) is 0 Å². The number of hydrogen-bond acceptors (Lipinski definition) is 2. The maximum absolute atomic E-state index is 4.33. The van der Waals surface area contributed by atoms with E-state index < -0.39 is 0 Å². The molecule has 1 atom stereocenters. The van der Waals surface area contributed by atoms with Gasteiger partial charge in [-0.25, -0.2) is 4.98 Å². The van der Waals surface area contributed by atoms with E-state index in [0.717, 1.165) is 18.8 Å². The van der Waals surface area contributed by atoms with E-state index in [2.05, 4.69) is 44.8 Å². The van der Waals surface area contributed by atoms with Gasteiger partial charge in [0.15, 0.2) is 0 Å². The van der Waals surface area contributed by atoms with Crippen LogP contribution in [0.15, 0.2) is 30.9 Å². The molecule has 0 saturated heterocycles. The Bertz CT molecular complexity index is 465. The van der Waals surface area contributed by atoms with Gasteiger partial charge < -0.3 is 14.5 Å². The van der Waals surface area contributed by atoms with Crippen LogP contribution in [0.4, 0.5) is 0 Å². The van der Waals surface area contributed by atoms with Gasteiger partial charge in [0.05, 0.1) is 6.54 Å². The van der Waals surface area contributed by atoms with Gasteiger partial charge in [0, 0.05) is 37.9 Å². The van der Waals surface area contributed by atoms with E-state index in [-0.39, 0.29) is 0 Å². The van der Waals surface area contributed by atoms with Gasteiger partial charge >= 0.3 is 0 Å². The second kappa shape index (κ2) is 5.19. The Hall–Kier alpha value is -1.55. The highest BCUT2D eigenvalue weighted by atomic mass is 15.1. The Morgan fingerprint density at radius 1 is 1.41 bits per heavy atom. The van der Waals surface area contributed by atoms with Crippen LogP contribution in [0.5, 0.6) is 0 Å². The number of imidazole rings is 1. The van der Waals surface area contributed by atoms with Crippen LogP contribution in [0.3, 0.4) is 0 Å². The predicted molar refractivity (Wildman–Crippen MR) is 68.8 cm³/mol. The number of rotatable bonds is 5. The van der Waals surface area contributed by atoms with Crippen LogP contribution in [0.1, 0.15) is 30.8 Å². The molecule has 17 heavy (non-hydrogen) atoms. The molecule has 0 spiro atoms. The van der Waals surface area contributed by atoms with Gasteiger partial charge in [0.25, 0.3) is 0 Å². The third-order valence-electron chi connectivity index (χ3n) is 3.18. The lowest BCUT2D eigenvalue weighted by Gasteiger charge is -2.11. The van der Waals surface area contributed by atoms with Crippen LogP contribution in [0.25, 0.3) is 0 Å². The summed E-state index contributed by atoms with van der Waals surface area (Å²) in [6.45, 7) is 3.01. The Morgan fingerprint density at radius 2 is 2.24 bits per heavy atom. The first-order valence-electron chi connectivity index (χ1n) is 6.03. The lowest BCUT2D eigenvalue weighted by atomic mass is 10.1. The molecule has 0 fully saturated rings. The first kappa shape index (κ1) is 11.9. The summed E-state index contributed by atoms with van der Waals surface area (Å²) in [5.41, 5.74) is 1.34. The first-order valence-corrected chi connectivity index (χ1v) is 6.03. The third-order valence-corrected chi connectivity index (χ3v) is 3.18. The second-order valence-electron chi connectivity index (χ2n) is 4.32. The van der Waals surface area contributed by atoms with Crippen molar-refractivity contribution in [1.82, 2.24) is 19.4 Å². The van der Waals surface area contributed by atoms with Crippen molar-refractivity contribution in [3.05, 3.63) is 42.2 Å². The Morgan fingerprint density at radius 3 is 2.82 bits per heavy atom. The molecule has 0 amide bonds. The fraction of sp³-hybridized carbons (Fsp3) is 0.462. The molecule has 0 aliphatic carbocycles. The average Bonchev–Trinajstić information content (AvgIpc) is 2.92. The van der Waals surface area contributed by atoms with E-state index in [9.17, 15) is 0 Å². The first-order chi connectivity index (χ1) is 8.24. The quantitative estimate of drug-likeness (QED) is 0.855. The summed E-state index contributed by atoms with van der Waals surface area (Å²) in [7, 11) is 4.03. The lowest BCUT2D eigenvalue weighted by molar-refractivity contribution is 0.574. The number of aryl methyl sites for hydroxylation is 1. The highest BCUT2D eigenvalue weighted by Crippen LogP contribution is 2.16. The summed E-state index contributed by atoms with van der Waals surface area (Å²) in [6.07, 6.45) is 9.22. The largest absolute Gasteiger partial charge is 0.346 e. The maximum atomic E-state index is 4.33. The Kier molecular flexibility index (Phi) is 3.64. The normalized spacial score (nSPS) is 12.9. The average molecular weight is 232 g/mol. The maximum Gasteiger partial charge on any atom is 0.128 e. The monoisotopic (exact) mass is 232 g/mol. The number of nitrogens with zero attached hydrogens (tertiary/aromatic N) is 3. The fourth-order valence-corrected chi connectivity index (χ4v) is 2.08.